The zero-order valence-corrected chi connectivity index (χ0v) is 14.3. The van der Waals surface area contributed by atoms with E-state index in [1.165, 1.54) is 24.3 Å². The van der Waals surface area contributed by atoms with E-state index in [1.54, 1.807) is 30.3 Å². The summed E-state index contributed by atoms with van der Waals surface area (Å²) in [7, 11) is -3.96. The summed E-state index contributed by atoms with van der Waals surface area (Å²) in [4.78, 5) is 8.98. The van der Waals surface area contributed by atoms with E-state index in [0.717, 1.165) is 0 Å². The van der Waals surface area contributed by atoms with Gasteiger partial charge in [0.1, 0.15) is 0 Å². The van der Waals surface area contributed by atoms with Gasteiger partial charge in [-0.3, -0.25) is 10.1 Å². The first-order valence-electron chi connectivity index (χ1n) is 6.16. The van der Waals surface area contributed by atoms with Gasteiger partial charge in [0.15, 0.2) is 15.1 Å². The maximum Gasteiger partial charge on any atom is 0.286 e. The fourth-order valence-corrected chi connectivity index (χ4v) is 5.01. The highest BCUT2D eigenvalue weighted by Gasteiger charge is 2.41. The second kappa shape index (κ2) is 6.76. The highest BCUT2D eigenvalue weighted by Crippen LogP contribution is 2.35. The molecule has 2 aromatic rings. The van der Waals surface area contributed by atoms with Gasteiger partial charge in [-0.05, 0) is 45.8 Å². The summed E-state index contributed by atoms with van der Waals surface area (Å²) >= 11 is 8.65. The average molecular weight is 405 g/mol. The summed E-state index contributed by atoms with van der Waals surface area (Å²) in [6.45, 7) is 0. The van der Waals surface area contributed by atoms with Gasteiger partial charge in [-0.1, -0.05) is 41.9 Å². The number of hydrogen-bond acceptors (Lipinski definition) is 4. The Labute approximate surface area is 141 Å². The molecule has 0 radical (unpaired) electrons. The highest BCUT2D eigenvalue weighted by molar-refractivity contribution is 9.09. The maximum absolute atomic E-state index is 12.8. The smallest absolute Gasteiger partial charge is 0.263 e. The molecule has 0 heterocycles. The lowest BCUT2D eigenvalue weighted by Gasteiger charge is -2.18. The Kier molecular flexibility index (Phi) is 5.20. The lowest BCUT2D eigenvalue weighted by Crippen LogP contribution is -2.28. The summed E-state index contributed by atoms with van der Waals surface area (Å²) in [5.41, 5.74) is 0.344. The zero-order chi connectivity index (χ0) is 16.3. The van der Waals surface area contributed by atoms with Crippen LogP contribution in [0.1, 0.15) is 10.8 Å². The summed E-state index contributed by atoms with van der Waals surface area (Å²) in [6, 6.07) is 13.6. The first-order valence-corrected chi connectivity index (χ1v) is 9.00. The second-order valence-electron chi connectivity index (χ2n) is 4.49. The molecule has 2 atom stereocenters. The van der Waals surface area contributed by atoms with Gasteiger partial charge >= 0.3 is 0 Å². The number of rotatable bonds is 5. The second-order valence-corrected chi connectivity index (χ2v) is 7.93. The zero-order valence-electron chi connectivity index (χ0n) is 11.1. The van der Waals surface area contributed by atoms with Crippen LogP contribution < -0.4 is 0 Å². The highest BCUT2D eigenvalue weighted by atomic mass is 79.9. The van der Waals surface area contributed by atoms with Gasteiger partial charge in [-0.25, -0.2) is 8.42 Å². The van der Waals surface area contributed by atoms with Crippen molar-refractivity contribution in [1.29, 1.82) is 0 Å². The molecule has 2 aromatic carbocycles. The van der Waals surface area contributed by atoms with Crippen molar-refractivity contribution in [2.24, 2.45) is 0 Å². The van der Waals surface area contributed by atoms with Gasteiger partial charge in [0, 0.05) is 9.95 Å². The van der Waals surface area contributed by atoms with Crippen molar-refractivity contribution >= 4 is 37.4 Å². The van der Waals surface area contributed by atoms with Crippen LogP contribution in [0.25, 0.3) is 0 Å². The quantitative estimate of drug-likeness (QED) is 0.328. The minimum atomic E-state index is -3.96. The van der Waals surface area contributed by atoms with E-state index in [4.69, 9.17) is 11.6 Å². The minimum absolute atomic E-state index is 0.0166. The SMILES string of the molecule is O=[N+]([O-])C(Br)C(c1ccccc1)S(=O)(=O)c1ccc(Cl)cc1. The number of hydrogen-bond donors (Lipinski definition) is 0. The van der Waals surface area contributed by atoms with E-state index in [0.29, 0.717) is 10.6 Å². The van der Waals surface area contributed by atoms with Gasteiger partial charge in [-0.15, -0.1) is 0 Å². The van der Waals surface area contributed by atoms with Crippen molar-refractivity contribution in [3.63, 3.8) is 0 Å². The molecule has 0 aliphatic heterocycles. The molecule has 5 nitrogen and oxygen atoms in total. The van der Waals surface area contributed by atoms with Crippen LogP contribution in [0.5, 0.6) is 0 Å². The number of halogens is 2. The molecule has 2 rings (SSSR count). The topological polar surface area (TPSA) is 77.3 Å². The number of nitro groups is 1. The molecule has 2 unspecified atom stereocenters. The standard InChI is InChI=1S/C14H11BrClNO4S/c15-14(17(18)19)13(10-4-2-1-3-5-10)22(20,21)12-8-6-11(16)7-9-12/h1-9,13-14H. The van der Waals surface area contributed by atoms with E-state index in [-0.39, 0.29) is 4.90 Å². The Bertz CT molecular complexity index is 765. The third-order valence-corrected chi connectivity index (χ3v) is 6.65. The Morgan fingerprint density at radius 2 is 1.59 bits per heavy atom. The molecule has 8 heteroatoms. The van der Waals surface area contributed by atoms with Gasteiger partial charge in [-0.2, -0.15) is 0 Å². The third-order valence-electron chi connectivity index (χ3n) is 3.06. The van der Waals surface area contributed by atoms with Crippen LogP contribution in [0.3, 0.4) is 0 Å². The van der Waals surface area contributed by atoms with Crippen LogP contribution in [0.4, 0.5) is 0 Å². The number of sulfone groups is 1. The van der Waals surface area contributed by atoms with E-state index < -0.39 is 25.0 Å². The van der Waals surface area contributed by atoms with Crippen LogP contribution in [0, 0.1) is 10.1 Å². The molecule has 0 aliphatic rings. The van der Waals surface area contributed by atoms with Crippen molar-refractivity contribution in [3.05, 3.63) is 75.3 Å². The van der Waals surface area contributed by atoms with Crippen LogP contribution in [-0.2, 0) is 9.84 Å². The molecule has 0 bridgehead atoms. The first kappa shape index (κ1) is 16.9. The molecule has 0 saturated heterocycles. The summed E-state index contributed by atoms with van der Waals surface area (Å²) < 4.78 is 25.6. The van der Waals surface area contributed by atoms with Crippen molar-refractivity contribution in [3.8, 4) is 0 Å². The molecule has 0 fully saturated rings. The minimum Gasteiger partial charge on any atom is -0.263 e. The summed E-state index contributed by atoms with van der Waals surface area (Å²) in [6.07, 6.45) is 0. The average Bonchev–Trinajstić information content (AvgIpc) is 2.48. The molecule has 0 N–H and O–H groups in total. The maximum atomic E-state index is 12.8. The lowest BCUT2D eigenvalue weighted by molar-refractivity contribution is -0.493. The van der Waals surface area contributed by atoms with Gasteiger partial charge in [0.25, 0.3) is 4.95 Å². The van der Waals surface area contributed by atoms with E-state index in [9.17, 15) is 18.5 Å². The molecule has 0 aromatic heterocycles. The first-order chi connectivity index (χ1) is 10.3. The van der Waals surface area contributed by atoms with Crippen LogP contribution in [-0.4, -0.2) is 18.3 Å². The number of benzene rings is 2. The van der Waals surface area contributed by atoms with Crippen molar-refractivity contribution in [2.45, 2.75) is 15.1 Å². The Morgan fingerprint density at radius 1 is 1.05 bits per heavy atom. The summed E-state index contributed by atoms with van der Waals surface area (Å²) in [5.74, 6) is 0. The molecule has 116 valence electrons. The molecule has 22 heavy (non-hydrogen) atoms. The van der Waals surface area contributed by atoms with Crippen molar-refractivity contribution < 1.29 is 13.3 Å². The van der Waals surface area contributed by atoms with E-state index >= 15 is 0 Å². The molecular formula is C14H11BrClNO4S. The molecule has 0 aliphatic carbocycles. The largest absolute Gasteiger partial charge is 0.286 e. The third kappa shape index (κ3) is 3.48. The van der Waals surface area contributed by atoms with Gasteiger partial charge in [0.2, 0.25) is 0 Å². The number of nitrogens with zero attached hydrogens (tertiary/aromatic N) is 1. The van der Waals surface area contributed by atoms with Crippen molar-refractivity contribution in [2.75, 3.05) is 0 Å². The van der Waals surface area contributed by atoms with Gasteiger partial charge < -0.3 is 0 Å². The molecule has 0 saturated carbocycles. The van der Waals surface area contributed by atoms with Gasteiger partial charge in [0.05, 0.1) is 4.90 Å². The Hall–Kier alpha value is -1.44. The van der Waals surface area contributed by atoms with Crippen LogP contribution >= 0.6 is 27.5 Å². The summed E-state index contributed by atoms with van der Waals surface area (Å²) in [5, 5.41) is 10.2. The fourth-order valence-electron chi connectivity index (χ4n) is 2.01. The molecule has 0 spiro atoms. The van der Waals surface area contributed by atoms with E-state index in [2.05, 4.69) is 15.9 Å². The fraction of sp³-hybridized carbons (Fsp3) is 0.143. The monoisotopic (exact) mass is 403 g/mol. The normalized spacial score (nSPS) is 14.3. The Morgan fingerprint density at radius 3 is 2.09 bits per heavy atom. The number of alkyl halides is 1. The predicted molar refractivity (Wildman–Crippen MR) is 87.5 cm³/mol. The van der Waals surface area contributed by atoms with Crippen LogP contribution in [0.2, 0.25) is 5.02 Å². The lowest BCUT2D eigenvalue weighted by atomic mass is 10.1. The predicted octanol–water partition coefficient (Wildman–Crippen LogP) is 3.85. The van der Waals surface area contributed by atoms with E-state index in [1.807, 2.05) is 0 Å². The molecular weight excluding hydrogens is 394 g/mol. The van der Waals surface area contributed by atoms with Crippen LogP contribution in [0.15, 0.2) is 59.5 Å². The van der Waals surface area contributed by atoms with Crippen molar-refractivity contribution in [1.82, 2.24) is 0 Å². The Balaban J connectivity index is 2.58. The molecule has 0 amide bonds.